The fraction of sp³-hybridized carbons (Fsp3) is 0.800. The lowest BCUT2D eigenvalue weighted by Crippen LogP contribution is -2.43. The van der Waals surface area contributed by atoms with E-state index in [0.29, 0.717) is 22.5 Å². The molecule has 2 fully saturated rings. The summed E-state index contributed by atoms with van der Waals surface area (Å²) in [6, 6.07) is 0. The Morgan fingerprint density at radius 1 is 1.69 bits per heavy atom. The Balaban J connectivity index is 2.26. The minimum Gasteiger partial charge on any atom is -0.411 e. The van der Waals surface area contributed by atoms with Crippen molar-refractivity contribution in [1.82, 2.24) is 0 Å². The summed E-state index contributed by atoms with van der Waals surface area (Å²) in [5.41, 5.74) is 1.31. The number of rotatable bonds is 1. The first-order chi connectivity index (χ1) is 6.12. The molecule has 0 amide bonds. The van der Waals surface area contributed by atoms with E-state index < -0.39 is 0 Å². The molecule has 0 bridgehead atoms. The highest BCUT2D eigenvalue weighted by atomic mass is 32.2. The standard InChI is InChI=1S/C10H15NOS/c1-6(2)10-4-8(11-12)7(3)9(10)13-5-10/h5-7,9H,4H2,1-3H3/p+1/b11-8+/t7-,9?,10+/m0/s1. The van der Waals surface area contributed by atoms with Crippen LogP contribution >= 0.6 is 11.8 Å². The van der Waals surface area contributed by atoms with Gasteiger partial charge in [-0.3, -0.25) is 0 Å². The molecule has 3 atom stereocenters. The van der Waals surface area contributed by atoms with Crippen LogP contribution in [0.25, 0.3) is 0 Å². The van der Waals surface area contributed by atoms with Crippen LogP contribution in [0.15, 0.2) is 5.16 Å². The van der Waals surface area contributed by atoms with Crippen LogP contribution in [-0.4, -0.2) is 16.2 Å². The van der Waals surface area contributed by atoms with Crippen molar-refractivity contribution in [3.8, 4) is 0 Å². The number of fused-ring (bicyclic) bond motifs is 1. The molecule has 1 saturated carbocycles. The third-order valence-electron chi connectivity index (χ3n) is 3.63. The van der Waals surface area contributed by atoms with Gasteiger partial charge in [-0.15, -0.1) is 0 Å². The van der Waals surface area contributed by atoms with Crippen molar-refractivity contribution in [1.29, 1.82) is 0 Å². The summed E-state index contributed by atoms with van der Waals surface area (Å²) in [6.07, 6.45) is 0.958. The quantitative estimate of drug-likeness (QED) is 0.399. The first kappa shape index (κ1) is 9.25. The highest BCUT2D eigenvalue weighted by Crippen LogP contribution is 2.64. The Morgan fingerprint density at radius 2 is 2.38 bits per heavy atom. The molecule has 0 spiro atoms. The first-order valence-corrected chi connectivity index (χ1v) is 5.77. The Hall–Kier alpha value is -0.310. The van der Waals surface area contributed by atoms with E-state index in [1.54, 1.807) is 0 Å². The zero-order valence-corrected chi connectivity index (χ0v) is 9.14. The van der Waals surface area contributed by atoms with Crippen LogP contribution in [0.1, 0.15) is 27.2 Å². The van der Waals surface area contributed by atoms with Crippen LogP contribution in [0.5, 0.6) is 0 Å². The molecular weight excluding hydrogens is 182 g/mol. The van der Waals surface area contributed by atoms with Gasteiger partial charge in [-0.25, -0.2) is 0 Å². The van der Waals surface area contributed by atoms with Gasteiger partial charge in [-0.2, -0.15) is 0 Å². The van der Waals surface area contributed by atoms with Gasteiger partial charge >= 0.3 is 0 Å². The van der Waals surface area contributed by atoms with E-state index in [-0.39, 0.29) is 0 Å². The Kier molecular flexibility index (Phi) is 2.02. The zero-order chi connectivity index (χ0) is 9.64. The molecule has 0 aromatic carbocycles. The molecule has 72 valence electrons. The molecule has 2 aliphatic rings. The van der Waals surface area contributed by atoms with Gasteiger partial charge in [0.1, 0.15) is 10.7 Å². The van der Waals surface area contributed by atoms with Gasteiger partial charge in [0.05, 0.1) is 17.5 Å². The molecule has 1 saturated heterocycles. The predicted molar refractivity (Wildman–Crippen MR) is 56.0 cm³/mol. The average Bonchev–Trinajstić information content (AvgIpc) is 2.20. The zero-order valence-electron chi connectivity index (χ0n) is 8.32. The Bertz CT molecular complexity index is 251. The van der Waals surface area contributed by atoms with Crippen LogP contribution in [-0.2, 0) is 0 Å². The van der Waals surface area contributed by atoms with Gasteiger partial charge in [0.2, 0.25) is 0 Å². The van der Waals surface area contributed by atoms with Crippen LogP contribution in [0.3, 0.4) is 0 Å². The van der Waals surface area contributed by atoms with Gasteiger partial charge in [0.15, 0.2) is 5.75 Å². The second-order valence-electron chi connectivity index (χ2n) is 4.50. The summed E-state index contributed by atoms with van der Waals surface area (Å²) in [5, 5.41) is 12.9. The molecule has 1 aliphatic heterocycles. The molecule has 0 aromatic heterocycles. The number of hydrogen-bond donors (Lipinski definition) is 1. The molecule has 13 heavy (non-hydrogen) atoms. The summed E-state index contributed by atoms with van der Waals surface area (Å²) in [6.45, 7) is 6.69. The highest BCUT2D eigenvalue weighted by Gasteiger charge is 2.67. The van der Waals surface area contributed by atoms with E-state index in [2.05, 4.69) is 31.7 Å². The molecule has 0 aromatic rings. The third-order valence-corrected chi connectivity index (χ3v) is 5.35. The van der Waals surface area contributed by atoms with E-state index in [9.17, 15) is 0 Å². The average molecular weight is 198 g/mol. The maximum absolute atomic E-state index is 8.86. The second kappa shape index (κ2) is 2.84. The lowest BCUT2D eigenvalue weighted by atomic mass is 9.75. The molecule has 1 N–H and O–H groups in total. The van der Waals surface area contributed by atoms with E-state index >= 15 is 0 Å². The smallest absolute Gasteiger partial charge is 0.151 e. The minimum absolute atomic E-state index is 0.325. The fourth-order valence-electron chi connectivity index (χ4n) is 2.49. The Labute approximate surface area is 83.8 Å². The molecule has 2 rings (SSSR count). The maximum Gasteiger partial charge on any atom is 0.151 e. The number of nitrogens with zero attached hydrogens (tertiary/aromatic N) is 1. The fourth-order valence-corrected chi connectivity index (χ4v) is 4.24. The lowest BCUT2D eigenvalue weighted by molar-refractivity contribution is 0.248. The summed E-state index contributed by atoms with van der Waals surface area (Å²) in [7, 11) is 0. The second-order valence-corrected chi connectivity index (χ2v) is 5.51. The lowest BCUT2D eigenvalue weighted by Gasteiger charge is -2.37. The van der Waals surface area contributed by atoms with E-state index in [1.807, 2.05) is 11.8 Å². The van der Waals surface area contributed by atoms with E-state index in [0.717, 1.165) is 12.1 Å². The topological polar surface area (TPSA) is 32.6 Å². The van der Waals surface area contributed by atoms with Gasteiger partial charge < -0.3 is 5.21 Å². The number of oxime groups is 1. The first-order valence-electron chi connectivity index (χ1n) is 4.82. The van der Waals surface area contributed by atoms with Crippen LogP contribution < -0.4 is 0 Å². The van der Waals surface area contributed by atoms with E-state index in [1.165, 1.54) is 0 Å². The highest BCUT2D eigenvalue weighted by molar-refractivity contribution is 8.03. The van der Waals surface area contributed by atoms with Crippen molar-refractivity contribution in [2.24, 2.45) is 22.4 Å². The van der Waals surface area contributed by atoms with E-state index in [4.69, 9.17) is 5.21 Å². The summed E-state index contributed by atoms with van der Waals surface area (Å²) < 4.78 is 0. The predicted octanol–water partition coefficient (Wildman–Crippen LogP) is 2.78. The van der Waals surface area contributed by atoms with Gasteiger partial charge in [-0.05, 0) is 0 Å². The van der Waals surface area contributed by atoms with Gasteiger partial charge in [0, 0.05) is 18.3 Å². The summed E-state index contributed by atoms with van der Waals surface area (Å²) >= 11 is 1.91. The van der Waals surface area contributed by atoms with Crippen molar-refractivity contribution in [3.63, 3.8) is 0 Å². The van der Waals surface area contributed by atoms with Crippen LogP contribution in [0, 0.1) is 23.0 Å². The number of hydrogen-bond acceptors (Lipinski definition) is 3. The molecular formula is C10H16NOS+. The monoisotopic (exact) mass is 198 g/mol. The van der Waals surface area contributed by atoms with Gasteiger partial charge in [0.25, 0.3) is 0 Å². The van der Waals surface area contributed by atoms with Crippen molar-refractivity contribution in [3.05, 3.63) is 5.75 Å². The SMILES string of the molecule is CC(C)[C@@]12[CH+]SC1[C@@H](C)/C(=N/O)C2. The molecule has 1 unspecified atom stereocenters. The summed E-state index contributed by atoms with van der Waals surface area (Å²) in [5.74, 6) is 3.44. The van der Waals surface area contributed by atoms with Crippen molar-refractivity contribution in [2.75, 3.05) is 0 Å². The Morgan fingerprint density at radius 3 is 2.69 bits per heavy atom. The van der Waals surface area contributed by atoms with Gasteiger partial charge in [-0.1, -0.05) is 25.9 Å². The normalized spacial score (nSPS) is 46.0. The molecule has 1 heterocycles. The van der Waals surface area contributed by atoms with Crippen molar-refractivity contribution < 1.29 is 5.21 Å². The maximum atomic E-state index is 8.86. The summed E-state index contributed by atoms with van der Waals surface area (Å²) in [4.78, 5) is 0. The largest absolute Gasteiger partial charge is 0.411 e. The van der Waals surface area contributed by atoms with Crippen molar-refractivity contribution in [2.45, 2.75) is 32.4 Å². The minimum atomic E-state index is 0.325. The number of thioether (sulfide) groups is 1. The van der Waals surface area contributed by atoms with Crippen molar-refractivity contribution >= 4 is 17.5 Å². The molecule has 0 radical (unpaired) electrons. The van der Waals surface area contributed by atoms with Crippen LogP contribution in [0.4, 0.5) is 0 Å². The third kappa shape index (κ3) is 1.03. The molecule has 2 nitrogen and oxygen atoms in total. The molecule has 1 aliphatic carbocycles. The molecule has 3 heteroatoms. The van der Waals surface area contributed by atoms with Crippen LogP contribution in [0.2, 0.25) is 0 Å².